The minimum absolute atomic E-state index is 0.0276. The highest BCUT2D eigenvalue weighted by atomic mass is 35.5. The molecule has 0 aliphatic carbocycles. The fourth-order valence-corrected chi connectivity index (χ4v) is 5.86. The third kappa shape index (κ3) is 5.29. The average molecular weight is 488 g/mol. The molecule has 6 nitrogen and oxygen atoms in total. The topological polar surface area (TPSA) is 79.4 Å². The number of nitrogens with zero attached hydrogens (tertiary/aromatic N) is 2. The molecule has 2 heterocycles. The summed E-state index contributed by atoms with van der Waals surface area (Å²) in [6.07, 6.45) is 5.01. The summed E-state index contributed by atoms with van der Waals surface area (Å²) in [6, 6.07) is 6.47. The van der Waals surface area contributed by atoms with Crippen LogP contribution in [0.3, 0.4) is 0 Å². The van der Waals surface area contributed by atoms with E-state index in [1.165, 1.54) is 23.9 Å². The zero-order valence-corrected chi connectivity index (χ0v) is 19.8. The van der Waals surface area contributed by atoms with Gasteiger partial charge in [-0.2, -0.15) is 0 Å². The van der Waals surface area contributed by atoms with Crippen LogP contribution in [0.2, 0.25) is 10.0 Å². The Kier molecular flexibility index (Phi) is 7.68. The van der Waals surface area contributed by atoms with Gasteiger partial charge in [-0.25, -0.2) is 18.1 Å². The van der Waals surface area contributed by atoms with Gasteiger partial charge in [-0.15, -0.1) is 11.8 Å². The molecule has 1 aromatic heterocycles. The summed E-state index contributed by atoms with van der Waals surface area (Å²) in [4.78, 5) is 18.9. The summed E-state index contributed by atoms with van der Waals surface area (Å²) in [6.45, 7) is 3.18. The van der Waals surface area contributed by atoms with Gasteiger partial charge < -0.3 is 4.90 Å². The number of nitrogens with one attached hydrogen (secondary N) is 1. The highest BCUT2D eigenvalue weighted by Gasteiger charge is 2.27. The third-order valence-corrected chi connectivity index (χ3v) is 8.17. The van der Waals surface area contributed by atoms with Crippen molar-refractivity contribution in [3.05, 3.63) is 51.6 Å². The zero-order chi connectivity index (χ0) is 21.9. The van der Waals surface area contributed by atoms with Crippen LogP contribution in [0.1, 0.15) is 28.8 Å². The summed E-state index contributed by atoms with van der Waals surface area (Å²) < 4.78 is 28.0. The molecule has 0 spiro atoms. The van der Waals surface area contributed by atoms with Crippen LogP contribution in [0.15, 0.2) is 40.4 Å². The van der Waals surface area contributed by atoms with E-state index in [0.717, 1.165) is 12.8 Å². The number of benzene rings is 1. The van der Waals surface area contributed by atoms with E-state index in [1.54, 1.807) is 30.2 Å². The average Bonchev–Trinajstić information content (AvgIpc) is 2.74. The Morgan fingerprint density at radius 3 is 2.63 bits per heavy atom. The van der Waals surface area contributed by atoms with Gasteiger partial charge in [-0.3, -0.25) is 4.79 Å². The standard InChI is InChI=1S/C20H23Cl2N3O3S2/c1-13-10-18(17(22)11-16(13)21)30(27,28)24-12-14-5-8-25(9-6-14)20(26)15-4-3-7-23-19(15)29-2/h3-4,7,10-11,14,24H,5-6,8-9,12H2,1-2H3. The van der Waals surface area contributed by atoms with Gasteiger partial charge in [0.2, 0.25) is 10.0 Å². The number of aryl methyl sites for hydroxylation is 1. The molecule has 1 saturated heterocycles. The number of sulfonamides is 1. The molecule has 10 heteroatoms. The number of piperidine rings is 1. The molecular weight excluding hydrogens is 465 g/mol. The number of carbonyl (C=O) groups excluding carboxylic acids is 1. The first-order valence-electron chi connectivity index (χ1n) is 9.46. The van der Waals surface area contributed by atoms with Crippen LogP contribution in [0, 0.1) is 12.8 Å². The number of carbonyl (C=O) groups is 1. The summed E-state index contributed by atoms with van der Waals surface area (Å²) in [5.41, 5.74) is 1.25. The highest BCUT2D eigenvalue weighted by Crippen LogP contribution is 2.28. The summed E-state index contributed by atoms with van der Waals surface area (Å²) in [7, 11) is -3.74. The lowest BCUT2D eigenvalue weighted by Crippen LogP contribution is -2.41. The predicted octanol–water partition coefficient (Wildman–Crippen LogP) is 4.25. The molecule has 1 N–H and O–H groups in total. The Bertz CT molecular complexity index is 1040. The first kappa shape index (κ1) is 23.3. The van der Waals surface area contributed by atoms with Crippen molar-refractivity contribution >= 4 is 50.9 Å². The largest absolute Gasteiger partial charge is 0.339 e. The van der Waals surface area contributed by atoms with Gasteiger partial charge in [0, 0.05) is 30.9 Å². The molecule has 0 atom stereocenters. The Hall–Kier alpha value is -1.32. The maximum atomic E-state index is 12.8. The third-order valence-electron chi connectivity index (χ3n) is 5.16. The molecule has 1 fully saturated rings. The molecule has 0 saturated carbocycles. The second-order valence-electron chi connectivity index (χ2n) is 7.18. The van der Waals surface area contributed by atoms with E-state index in [1.807, 2.05) is 6.26 Å². The van der Waals surface area contributed by atoms with Crippen LogP contribution in [0.25, 0.3) is 0 Å². The normalized spacial score (nSPS) is 15.4. The highest BCUT2D eigenvalue weighted by molar-refractivity contribution is 7.98. The zero-order valence-electron chi connectivity index (χ0n) is 16.7. The lowest BCUT2D eigenvalue weighted by Gasteiger charge is -2.32. The second kappa shape index (κ2) is 9.87. The van der Waals surface area contributed by atoms with Crippen LogP contribution in [0.4, 0.5) is 0 Å². The molecule has 1 aliphatic rings. The number of halogens is 2. The number of hydrogen-bond acceptors (Lipinski definition) is 5. The first-order valence-corrected chi connectivity index (χ1v) is 12.9. The van der Waals surface area contributed by atoms with Crippen molar-refractivity contribution in [3.63, 3.8) is 0 Å². The first-order chi connectivity index (χ1) is 14.2. The van der Waals surface area contributed by atoms with E-state index in [-0.39, 0.29) is 21.7 Å². The van der Waals surface area contributed by atoms with Crippen molar-refractivity contribution in [2.24, 2.45) is 5.92 Å². The number of hydrogen-bond donors (Lipinski definition) is 1. The van der Waals surface area contributed by atoms with E-state index >= 15 is 0 Å². The Balaban J connectivity index is 1.59. The van der Waals surface area contributed by atoms with Crippen LogP contribution >= 0.6 is 35.0 Å². The van der Waals surface area contributed by atoms with E-state index in [0.29, 0.717) is 40.8 Å². The van der Waals surface area contributed by atoms with Gasteiger partial charge in [0.25, 0.3) is 5.91 Å². The maximum Gasteiger partial charge on any atom is 0.256 e. The van der Waals surface area contributed by atoms with Gasteiger partial charge in [-0.05, 0) is 61.8 Å². The number of rotatable bonds is 6. The second-order valence-corrected chi connectivity index (χ2v) is 10.5. The van der Waals surface area contributed by atoms with Crippen molar-refractivity contribution in [3.8, 4) is 0 Å². The van der Waals surface area contributed by atoms with Gasteiger partial charge in [0.05, 0.1) is 10.6 Å². The van der Waals surface area contributed by atoms with Crippen molar-refractivity contribution < 1.29 is 13.2 Å². The number of pyridine rings is 1. The summed E-state index contributed by atoms with van der Waals surface area (Å²) in [5.74, 6) is 0.111. The molecule has 1 aliphatic heterocycles. The predicted molar refractivity (Wildman–Crippen MR) is 121 cm³/mol. The number of amides is 1. The molecule has 2 aromatic rings. The van der Waals surface area contributed by atoms with Crippen LogP contribution in [-0.4, -0.2) is 50.1 Å². The minimum atomic E-state index is -3.74. The van der Waals surface area contributed by atoms with E-state index in [9.17, 15) is 13.2 Å². The minimum Gasteiger partial charge on any atom is -0.339 e. The summed E-state index contributed by atoms with van der Waals surface area (Å²) in [5, 5.41) is 1.24. The van der Waals surface area contributed by atoms with Gasteiger partial charge in [0.1, 0.15) is 9.92 Å². The number of thioether (sulfide) groups is 1. The molecular formula is C20H23Cl2N3O3S2. The van der Waals surface area contributed by atoms with Gasteiger partial charge in [-0.1, -0.05) is 23.2 Å². The molecule has 0 bridgehead atoms. The SMILES string of the molecule is CSc1ncccc1C(=O)N1CCC(CNS(=O)(=O)c2cc(C)c(Cl)cc2Cl)CC1. The van der Waals surface area contributed by atoms with Gasteiger partial charge in [0.15, 0.2) is 0 Å². The fourth-order valence-electron chi connectivity index (χ4n) is 3.37. The van der Waals surface area contributed by atoms with E-state index in [4.69, 9.17) is 23.2 Å². The quantitative estimate of drug-likeness (QED) is 0.615. The van der Waals surface area contributed by atoms with Crippen molar-refractivity contribution in [2.45, 2.75) is 29.7 Å². The van der Waals surface area contributed by atoms with Crippen LogP contribution in [-0.2, 0) is 10.0 Å². The van der Waals surface area contributed by atoms with Crippen molar-refractivity contribution in [1.29, 1.82) is 0 Å². The molecule has 3 rings (SSSR count). The van der Waals surface area contributed by atoms with Crippen molar-refractivity contribution in [1.82, 2.24) is 14.6 Å². The molecule has 162 valence electrons. The molecule has 1 aromatic carbocycles. The number of aromatic nitrogens is 1. The molecule has 1 amide bonds. The lowest BCUT2D eigenvalue weighted by atomic mass is 9.97. The van der Waals surface area contributed by atoms with E-state index < -0.39 is 10.0 Å². The fraction of sp³-hybridized carbons (Fsp3) is 0.400. The van der Waals surface area contributed by atoms with Crippen LogP contribution in [0.5, 0.6) is 0 Å². The molecule has 0 radical (unpaired) electrons. The van der Waals surface area contributed by atoms with E-state index in [2.05, 4.69) is 9.71 Å². The Morgan fingerprint density at radius 2 is 1.97 bits per heavy atom. The lowest BCUT2D eigenvalue weighted by molar-refractivity contribution is 0.0687. The molecule has 0 unspecified atom stereocenters. The van der Waals surface area contributed by atoms with Crippen LogP contribution < -0.4 is 4.72 Å². The van der Waals surface area contributed by atoms with Crippen molar-refractivity contribution in [2.75, 3.05) is 25.9 Å². The smallest absolute Gasteiger partial charge is 0.256 e. The number of likely N-dealkylation sites (tertiary alicyclic amines) is 1. The van der Waals surface area contributed by atoms with Gasteiger partial charge >= 0.3 is 0 Å². The monoisotopic (exact) mass is 487 g/mol. The maximum absolute atomic E-state index is 12.8. The Morgan fingerprint density at radius 1 is 1.27 bits per heavy atom. The summed E-state index contributed by atoms with van der Waals surface area (Å²) >= 11 is 13.5. The molecule has 30 heavy (non-hydrogen) atoms. The Labute approximate surface area is 191 Å².